The Morgan fingerprint density at radius 3 is 2.80 bits per heavy atom. The number of ketones is 1. The summed E-state index contributed by atoms with van der Waals surface area (Å²) in [5.74, 6) is -0.207. The molecule has 15 heavy (non-hydrogen) atoms. The molecule has 0 amide bonds. The van der Waals surface area contributed by atoms with Crippen molar-refractivity contribution in [3.05, 3.63) is 40.1 Å². The predicted octanol–water partition coefficient (Wildman–Crippen LogP) is 2.54. The summed E-state index contributed by atoms with van der Waals surface area (Å²) in [6, 6.07) is 4.40. The van der Waals surface area contributed by atoms with Crippen molar-refractivity contribution in [2.75, 3.05) is 0 Å². The first kappa shape index (κ1) is 9.39. The van der Waals surface area contributed by atoms with E-state index in [0.717, 1.165) is 0 Å². The number of hydrogen-bond acceptors (Lipinski definition) is 4. The van der Waals surface area contributed by atoms with E-state index < -0.39 is 4.92 Å². The number of benzene rings is 1. The largest absolute Gasteiger partial charge is 0.457 e. The highest BCUT2D eigenvalue weighted by molar-refractivity contribution is 6.00. The number of hydrogen-bond donors (Lipinski definition) is 0. The molecule has 0 N–H and O–H groups in total. The SMILES string of the molecule is CC(=O)c1cc([N+](=O)[O-])c2occc2c1. The first-order valence-corrected chi connectivity index (χ1v) is 4.26. The lowest BCUT2D eigenvalue weighted by Crippen LogP contribution is -1.95. The third kappa shape index (κ3) is 1.48. The Balaban J connectivity index is 2.80. The zero-order chi connectivity index (χ0) is 11.0. The molecule has 2 rings (SSSR count). The smallest absolute Gasteiger partial charge is 0.312 e. The summed E-state index contributed by atoms with van der Waals surface area (Å²) in [5, 5.41) is 11.3. The second kappa shape index (κ2) is 3.20. The van der Waals surface area contributed by atoms with Crippen LogP contribution in [0.25, 0.3) is 11.0 Å². The second-order valence-electron chi connectivity index (χ2n) is 3.15. The van der Waals surface area contributed by atoms with Crippen LogP contribution >= 0.6 is 0 Å². The van der Waals surface area contributed by atoms with Crippen LogP contribution in [0.2, 0.25) is 0 Å². The van der Waals surface area contributed by atoms with E-state index in [1.54, 1.807) is 12.1 Å². The zero-order valence-electron chi connectivity index (χ0n) is 7.89. The van der Waals surface area contributed by atoms with Crippen LogP contribution in [0.3, 0.4) is 0 Å². The van der Waals surface area contributed by atoms with Gasteiger partial charge in [0.2, 0.25) is 5.58 Å². The molecule has 5 nitrogen and oxygen atoms in total. The average molecular weight is 205 g/mol. The molecule has 0 saturated heterocycles. The first-order chi connectivity index (χ1) is 7.09. The van der Waals surface area contributed by atoms with Crippen molar-refractivity contribution in [2.24, 2.45) is 0 Å². The molecule has 0 saturated carbocycles. The van der Waals surface area contributed by atoms with Gasteiger partial charge in [-0.15, -0.1) is 0 Å². The molecule has 2 aromatic rings. The minimum absolute atomic E-state index is 0.178. The zero-order valence-corrected chi connectivity index (χ0v) is 7.89. The summed E-state index contributed by atoms with van der Waals surface area (Å²) in [7, 11) is 0. The number of non-ortho nitro benzene ring substituents is 1. The fourth-order valence-electron chi connectivity index (χ4n) is 1.40. The summed E-state index contributed by atoms with van der Waals surface area (Å²) < 4.78 is 4.99. The normalized spacial score (nSPS) is 10.5. The lowest BCUT2D eigenvalue weighted by Gasteiger charge is -1.97. The number of Topliss-reactive ketones (excluding diaryl/α,β-unsaturated/α-hetero) is 1. The lowest BCUT2D eigenvalue weighted by molar-refractivity contribution is -0.383. The van der Waals surface area contributed by atoms with E-state index in [2.05, 4.69) is 0 Å². The van der Waals surface area contributed by atoms with Crippen molar-refractivity contribution in [3.63, 3.8) is 0 Å². The highest BCUT2D eigenvalue weighted by atomic mass is 16.6. The van der Waals surface area contributed by atoms with Crippen LogP contribution in [0.4, 0.5) is 5.69 Å². The maximum Gasteiger partial charge on any atom is 0.312 e. The molecule has 0 aliphatic carbocycles. The summed E-state index contributed by atoms with van der Waals surface area (Å²) in [5.41, 5.74) is 0.336. The minimum atomic E-state index is -0.557. The van der Waals surface area contributed by atoms with Gasteiger partial charge in [-0.1, -0.05) is 0 Å². The molecule has 0 atom stereocenters. The molecule has 0 radical (unpaired) electrons. The number of rotatable bonds is 2. The number of furan rings is 1. The Bertz CT molecular complexity index is 556. The van der Waals surface area contributed by atoms with Gasteiger partial charge >= 0.3 is 5.69 Å². The van der Waals surface area contributed by atoms with Crippen molar-refractivity contribution < 1.29 is 14.1 Å². The van der Waals surface area contributed by atoms with Gasteiger partial charge in [0, 0.05) is 17.0 Å². The predicted molar refractivity (Wildman–Crippen MR) is 52.9 cm³/mol. The highest BCUT2D eigenvalue weighted by Crippen LogP contribution is 2.28. The Morgan fingerprint density at radius 2 is 2.20 bits per heavy atom. The average Bonchev–Trinajstić information content (AvgIpc) is 2.62. The van der Waals surface area contributed by atoms with Crippen LogP contribution < -0.4 is 0 Å². The summed E-state index contributed by atoms with van der Waals surface area (Å²) in [4.78, 5) is 21.3. The van der Waals surface area contributed by atoms with Gasteiger partial charge in [-0.2, -0.15) is 0 Å². The minimum Gasteiger partial charge on any atom is -0.457 e. The molecule has 1 aromatic carbocycles. The molecule has 76 valence electrons. The molecule has 5 heteroatoms. The molecule has 1 heterocycles. The third-order valence-electron chi connectivity index (χ3n) is 2.13. The molecule has 0 spiro atoms. The molecule has 1 aromatic heterocycles. The fourth-order valence-corrected chi connectivity index (χ4v) is 1.40. The van der Waals surface area contributed by atoms with Crippen LogP contribution in [-0.4, -0.2) is 10.7 Å². The third-order valence-corrected chi connectivity index (χ3v) is 2.13. The van der Waals surface area contributed by atoms with Crippen LogP contribution in [0.1, 0.15) is 17.3 Å². The van der Waals surface area contributed by atoms with Gasteiger partial charge in [-0.3, -0.25) is 14.9 Å². The summed E-state index contributed by atoms with van der Waals surface area (Å²) >= 11 is 0. The van der Waals surface area contributed by atoms with Crippen molar-refractivity contribution in [2.45, 2.75) is 6.92 Å². The lowest BCUT2D eigenvalue weighted by atomic mass is 10.1. The fraction of sp³-hybridized carbons (Fsp3) is 0.100. The Hall–Kier alpha value is -2.17. The van der Waals surface area contributed by atoms with Gasteiger partial charge in [-0.25, -0.2) is 0 Å². The van der Waals surface area contributed by atoms with E-state index in [9.17, 15) is 14.9 Å². The van der Waals surface area contributed by atoms with E-state index >= 15 is 0 Å². The summed E-state index contributed by atoms with van der Waals surface area (Å²) in [6.45, 7) is 1.37. The van der Waals surface area contributed by atoms with Gasteiger partial charge in [0.25, 0.3) is 0 Å². The topological polar surface area (TPSA) is 73.3 Å². The first-order valence-electron chi connectivity index (χ1n) is 4.26. The molecule has 0 aliphatic rings. The van der Waals surface area contributed by atoms with Crippen molar-refractivity contribution in [3.8, 4) is 0 Å². The van der Waals surface area contributed by atoms with Gasteiger partial charge < -0.3 is 4.42 Å². The maximum atomic E-state index is 11.1. The standard InChI is InChI=1S/C10H7NO4/c1-6(12)8-4-7-2-3-15-10(7)9(5-8)11(13)14/h2-5H,1H3. The van der Waals surface area contributed by atoms with Gasteiger partial charge in [0.1, 0.15) is 0 Å². The van der Waals surface area contributed by atoms with Crippen molar-refractivity contribution >= 4 is 22.4 Å². The Labute approximate surface area is 84.5 Å². The molecule has 0 bridgehead atoms. The van der Waals surface area contributed by atoms with Crippen LogP contribution in [0.15, 0.2) is 28.9 Å². The van der Waals surface area contributed by atoms with E-state index in [1.165, 1.54) is 19.3 Å². The van der Waals surface area contributed by atoms with Gasteiger partial charge in [-0.05, 0) is 19.1 Å². The number of nitrogens with zero attached hydrogens (tertiary/aromatic N) is 1. The molecule has 0 aliphatic heterocycles. The van der Waals surface area contributed by atoms with E-state index in [-0.39, 0.29) is 17.1 Å². The van der Waals surface area contributed by atoms with E-state index in [0.29, 0.717) is 10.9 Å². The van der Waals surface area contributed by atoms with Gasteiger partial charge in [0.15, 0.2) is 5.78 Å². The van der Waals surface area contributed by atoms with Crippen molar-refractivity contribution in [1.82, 2.24) is 0 Å². The number of nitro groups is 1. The monoisotopic (exact) mass is 205 g/mol. The second-order valence-corrected chi connectivity index (χ2v) is 3.15. The number of nitro benzene ring substituents is 1. The number of fused-ring (bicyclic) bond motifs is 1. The van der Waals surface area contributed by atoms with Crippen molar-refractivity contribution in [1.29, 1.82) is 0 Å². The van der Waals surface area contributed by atoms with E-state index in [1.807, 2.05) is 0 Å². The summed E-state index contributed by atoms with van der Waals surface area (Å²) in [6.07, 6.45) is 1.36. The number of carbonyl (C=O) groups is 1. The Morgan fingerprint density at radius 1 is 1.47 bits per heavy atom. The Kier molecular flexibility index (Phi) is 2.00. The maximum absolute atomic E-state index is 11.1. The number of carbonyl (C=O) groups excluding carboxylic acids is 1. The highest BCUT2D eigenvalue weighted by Gasteiger charge is 2.17. The molecular weight excluding hydrogens is 198 g/mol. The van der Waals surface area contributed by atoms with E-state index in [4.69, 9.17) is 4.42 Å². The van der Waals surface area contributed by atoms with Crippen LogP contribution in [-0.2, 0) is 0 Å². The van der Waals surface area contributed by atoms with Crippen LogP contribution in [0.5, 0.6) is 0 Å². The van der Waals surface area contributed by atoms with Gasteiger partial charge in [0.05, 0.1) is 11.2 Å². The molecule has 0 fully saturated rings. The quantitative estimate of drug-likeness (QED) is 0.429. The molecular formula is C10H7NO4. The van der Waals surface area contributed by atoms with Crippen LogP contribution in [0, 0.1) is 10.1 Å². The molecule has 0 unspecified atom stereocenters.